The smallest absolute Gasteiger partial charge is 0.311 e. The Bertz CT molecular complexity index is 678. The van der Waals surface area contributed by atoms with E-state index in [9.17, 15) is 10.1 Å². The zero-order chi connectivity index (χ0) is 15.6. The van der Waals surface area contributed by atoms with Crippen LogP contribution in [-0.2, 0) is 0 Å². The standard InChI is InChI=1S/C14H15ClN4O2/c1-9(10-4-3-5-11(15)8-10)18(2)13-7-6-12(19(20)21)14(16)17-13/h3-9H,1-2H3,(H2,16,17). The summed E-state index contributed by atoms with van der Waals surface area (Å²) >= 11 is 5.99. The molecule has 0 radical (unpaired) electrons. The number of nitrogens with zero attached hydrogens (tertiary/aromatic N) is 3. The topological polar surface area (TPSA) is 85.3 Å². The fourth-order valence-electron chi connectivity index (χ4n) is 2.00. The molecule has 2 aromatic rings. The molecule has 2 N–H and O–H groups in total. The Morgan fingerprint density at radius 2 is 2.10 bits per heavy atom. The third-order valence-electron chi connectivity index (χ3n) is 3.36. The number of halogens is 1. The average Bonchev–Trinajstić information content (AvgIpc) is 2.45. The third-order valence-corrected chi connectivity index (χ3v) is 3.59. The number of hydrogen-bond acceptors (Lipinski definition) is 5. The Labute approximate surface area is 127 Å². The molecular weight excluding hydrogens is 292 g/mol. The molecule has 0 saturated heterocycles. The SMILES string of the molecule is CC(c1cccc(Cl)c1)N(C)c1ccc([N+](=O)[O-])c(N)n1. The highest BCUT2D eigenvalue weighted by Gasteiger charge is 2.18. The quantitative estimate of drug-likeness (QED) is 0.691. The van der Waals surface area contributed by atoms with Gasteiger partial charge in [-0.15, -0.1) is 0 Å². The van der Waals surface area contributed by atoms with E-state index in [1.165, 1.54) is 6.07 Å². The molecule has 1 atom stereocenters. The van der Waals surface area contributed by atoms with E-state index in [-0.39, 0.29) is 17.5 Å². The predicted molar refractivity (Wildman–Crippen MR) is 83.6 cm³/mol. The van der Waals surface area contributed by atoms with Crippen LogP contribution in [0.3, 0.4) is 0 Å². The highest BCUT2D eigenvalue weighted by atomic mass is 35.5. The number of rotatable bonds is 4. The van der Waals surface area contributed by atoms with Gasteiger partial charge >= 0.3 is 5.69 Å². The molecule has 0 saturated carbocycles. The lowest BCUT2D eigenvalue weighted by Gasteiger charge is -2.26. The molecule has 0 aliphatic carbocycles. The fraction of sp³-hybridized carbons (Fsp3) is 0.214. The second kappa shape index (κ2) is 5.97. The Kier molecular flexibility index (Phi) is 4.28. The maximum absolute atomic E-state index is 10.8. The van der Waals surface area contributed by atoms with E-state index in [0.717, 1.165) is 5.56 Å². The van der Waals surface area contributed by atoms with Gasteiger partial charge in [0.25, 0.3) is 0 Å². The molecule has 0 bridgehead atoms. The molecular formula is C14H15ClN4O2. The molecule has 2 rings (SSSR count). The van der Waals surface area contributed by atoms with Crippen LogP contribution in [0.25, 0.3) is 0 Å². The number of aromatic nitrogens is 1. The maximum Gasteiger partial charge on any atom is 0.311 e. The molecule has 0 fully saturated rings. The molecule has 6 nitrogen and oxygen atoms in total. The fourth-order valence-corrected chi connectivity index (χ4v) is 2.19. The molecule has 0 amide bonds. The van der Waals surface area contributed by atoms with Crippen LogP contribution >= 0.6 is 11.6 Å². The highest BCUT2D eigenvalue weighted by Crippen LogP contribution is 2.28. The monoisotopic (exact) mass is 306 g/mol. The summed E-state index contributed by atoms with van der Waals surface area (Å²) in [7, 11) is 1.85. The Morgan fingerprint density at radius 1 is 1.38 bits per heavy atom. The van der Waals surface area contributed by atoms with Crippen LogP contribution in [0.5, 0.6) is 0 Å². The second-order valence-electron chi connectivity index (χ2n) is 4.67. The number of nitro groups is 1. The third kappa shape index (κ3) is 3.22. The first-order chi connectivity index (χ1) is 9.90. The van der Waals surface area contributed by atoms with Crippen molar-refractivity contribution in [2.45, 2.75) is 13.0 Å². The molecule has 1 unspecified atom stereocenters. The van der Waals surface area contributed by atoms with Crippen molar-refractivity contribution in [3.8, 4) is 0 Å². The van der Waals surface area contributed by atoms with Crippen molar-refractivity contribution in [3.63, 3.8) is 0 Å². The normalized spacial score (nSPS) is 12.0. The van der Waals surface area contributed by atoms with Crippen molar-refractivity contribution in [1.82, 2.24) is 4.98 Å². The number of anilines is 2. The van der Waals surface area contributed by atoms with Crippen LogP contribution in [0, 0.1) is 10.1 Å². The van der Waals surface area contributed by atoms with E-state index < -0.39 is 4.92 Å². The lowest BCUT2D eigenvalue weighted by Crippen LogP contribution is -2.23. The highest BCUT2D eigenvalue weighted by molar-refractivity contribution is 6.30. The number of hydrogen-bond donors (Lipinski definition) is 1. The lowest BCUT2D eigenvalue weighted by atomic mass is 10.1. The van der Waals surface area contributed by atoms with Gasteiger partial charge in [-0.05, 0) is 30.7 Å². The van der Waals surface area contributed by atoms with Crippen LogP contribution in [0.2, 0.25) is 5.02 Å². The summed E-state index contributed by atoms with van der Waals surface area (Å²) < 4.78 is 0. The van der Waals surface area contributed by atoms with Crippen molar-refractivity contribution < 1.29 is 4.92 Å². The van der Waals surface area contributed by atoms with Gasteiger partial charge in [-0.1, -0.05) is 23.7 Å². The van der Waals surface area contributed by atoms with Crippen LogP contribution in [-0.4, -0.2) is 17.0 Å². The van der Waals surface area contributed by atoms with Crippen molar-refractivity contribution in [2.24, 2.45) is 0 Å². The summed E-state index contributed by atoms with van der Waals surface area (Å²) in [5.74, 6) is 0.466. The van der Waals surface area contributed by atoms with Gasteiger partial charge in [-0.3, -0.25) is 10.1 Å². The van der Waals surface area contributed by atoms with Crippen molar-refractivity contribution in [1.29, 1.82) is 0 Å². The van der Waals surface area contributed by atoms with Gasteiger partial charge in [0.2, 0.25) is 5.82 Å². The molecule has 1 heterocycles. The van der Waals surface area contributed by atoms with E-state index in [0.29, 0.717) is 10.8 Å². The van der Waals surface area contributed by atoms with Gasteiger partial charge in [0, 0.05) is 18.1 Å². The first kappa shape index (κ1) is 15.1. The Balaban J connectivity index is 2.29. The van der Waals surface area contributed by atoms with Crippen LogP contribution in [0.1, 0.15) is 18.5 Å². The van der Waals surface area contributed by atoms with E-state index >= 15 is 0 Å². The van der Waals surface area contributed by atoms with Crippen LogP contribution in [0.4, 0.5) is 17.3 Å². The second-order valence-corrected chi connectivity index (χ2v) is 5.11. The van der Waals surface area contributed by atoms with Gasteiger partial charge in [0.1, 0.15) is 5.82 Å². The minimum atomic E-state index is -0.549. The summed E-state index contributed by atoms with van der Waals surface area (Å²) in [4.78, 5) is 16.2. The molecule has 0 spiro atoms. The summed E-state index contributed by atoms with van der Waals surface area (Å²) in [6.45, 7) is 1.99. The number of nitrogens with two attached hydrogens (primary N) is 1. The van der Waals surface area contributed by atoms with Gasteiger partial charge < -0.3 is 10.6 Å². The van der Waals surface area contributed by atoms with Crippen molar-refractivity contribution in [3.05, 3.63) is 57.1 Å². The molecule has 0 aliphatic rings. The van der Waals surface area contributed by atoms with Crippen LogP contribution < -0.4 is 10.6 Å². The number of pyridine rings is 1. The molecule has 21 heavy (non-hydrogen) atoms. The lowest BCUT2D eigenvalue weighted by molar-refractivity contribution is -0.384. The summed E-state index contributed by atoms with van der Waals surface area (Å²) in [6.07, 6.45) is 0. The number of benzene rings is 1. The largest absolute Gasteiger partial charge is 0.378 e. The van der Waals surface area contributed by atoms with E-state index in [4.69, 9.17) is 17.3 Å². The maximum atomic E-state index is 10.8. The number of nitrogen functional groups attached to an aromatic ring is 1. The Hall–Kier alpha value is -2.34. The van der Waals surface area contributed by atoms with Crippen molar-refractivity contribution >= 4 is 28.9 Å². The van der Waals surface area contributed by atoms with Gasteiger partial charge in [0.05, 0.1) is 11.0 Å². The van der Waals surface area contributed by atoms with Gasteiger partial charge in [0.15, 0.2) is 0 Å². The minimum Gasteiger partial charge on any atom is -0.378 e. The molecule has 1 aromatic carbocycles. The average molecular weight is 307 g/mol. The summed E-state index contributed by atoms with van der Waals surface area (Å²) in [5.41, 5.74) is 6.45. The first-order valence-corrected chi connectivity index (χ1v) is 6.67. The molecule has 1 aromatic heterocycles. The zero-order valence-corrected chi connectivity index (χ0v) is 12.4. The molecule has 0 aliphatic heterocycles. The van der Waals surface area contributed by atoms with E-state index in [1.54, 1.807) is 12.1 Å². The van der Waals surface area contributed by atoms with Crippen molar-refractivity contribution in [2.75, 3.05) is 17.7 Å². The van der Waals surface area contributed by atoms with Gasteiger partial charge in [-0.2, -0.15) is 0 Å². The molecule has 7 heteroatoms. The molecule has 110 valence electrons. The van der Waals surface area contributed by atoms with E-state index in [1.807, 2.05) is 37.1 Å². The predicted octanol–water partition coefficient (Wildman–Crippen LogP) is 3.42. The van der Waals surface area contributed by atoms with E-state index in [2.05, 4.69) is 4.98 Å². The Morgan fingerprint density at radius 3 is 2.67 bits per heavy atom. The first-order valence-electron chi connectivity index (χ1n) is 6.29. The van der Waals surface area contributed by atoms with Crippen LogP contribution in [0.15, 0.2) is 36.4 Å². The summed E-state index contributed by atoms with van der Waals surface area (Å²) in [6, 6.07) is 10.4. The van der Waals surface area contributed by atoms with Gasteiger partial charge in [-0.25, -0.2) is 4.98 Å². The summed E-state index contributed by atoms with van der Waals surface area (Å²) in [5, 5.41) is 11.4. The minimum absolute atomic E-state index is 0.00273. The zero-order valence-electron chi connectivity index (χ0n) is 11.7.